The van der Waals surface area contributed by atoms with Crippen molar-refractivity contribution in [2.45, 2.75) is 40.4 Å². The van der Waals surface area contributed by atoms with Crippen molar-refractivity contribution in [1.29, 1.82) is 0 Å². The molecule has 3 aliphatic heterocycles. The van der Waals surface area contributed by atoms with Gasteiger partial charge >= 0.3 is 33.7 Å². The van der Waals surface area contributed by atoms with E-state index in [0.717, 1.165) is 22.3 Å². The average Bonchev–Trinajstić information content (AvgIpc) is 0.754. The van der Waals surface area contributed by atoms with Gasteiger partial charge < -0.3 is 38.9 Å². The second kappa shape index (κ2) is 33.7. The van der Waals surface area contributed by atoms with Crippen LogP contribution in [0.5, 0.6) is 0 Å². The van der Waals surface area contributed by atoms with Gasteiger partial charge in [-0.3, -0.25) is 68.2 Å². The number of aromatic nitrogens is 3. The molecule has 25 nitrogen and oxygen atoms in total. The summed E-state index contributed by atoms with van der Waals surface area (Å²) in [6.07, 6.45) is 0. The van der Waals surface area contributed by atoms with Crippen LogP contribution in [-0.2, 0) is 19.6 Å². The van der Waals surface area contributed by atoms with Gasteiger partial charge in [0.15, 0.2) is 0 Å². The van der Waals surface area contributed by atoms with Gasteiger partial charge in [-0.05, 0) is 167 Å². The number of hydrogen-bond donors (Lipinski definition) is 0. The number of benzene rings is 8. The molecule has 0 saturated carbocycles. The maximum Gasteiger partial charge on any atom is 0.357 e. The lowest BCUT2D eigenvalue weighted by atomic mass is 10.1. The highest BCUT2D eigenvalue weighted by Crippen LogP contribution is 2.39. The van der Waals surface area contributed by atoms with Gasteiger partial charge in [0, 0.05) is 140 Å². The van der Waals surface area contributed by atoms with Crippen LogP contribution in [0.1, 0.15) is 58.9 Å². The van der Waals surface area contributed by atoms with Crippen molar-refractivity contribution in [3.8, 4) is 0 Å². The molecule has 3 fully saturated rings. The topological polar surface area (TPSA) is 269 Å². The Kier molecular flexibility index (Phi) is 23.9. The van der Waals surface area contributed by atoms with Gasteiger partial charge in [-0.2, -0.15) is 0 Å². The molecular weight excluding hydrogens is 1470 g/mol. The molecule has 3 aliphatic rings. The number of fused-ring (bicyclic) bond motifs is 3. The normalized spacial score (nSPS) is 13.8. The largest absolute Gasteiger partial charge is 0.362 e. The van der Waals surface area contributed by atoms with E-state index in [0.29, 0.717) is 173 Å². The Labute approximate surface area is 645 Å². The molecule has 0 unspecified atom stereocenters. The molecule has 0 bridgehead atoms. The van der Waals surface area contributed by atoms with Crippen LogP contribution in [0, 0.1) is 56.9 Å². The van der Waals surface area contributed by atoms with Crippen LogP contribution in [0.4, 0.5) is 38.5 Å². The maximum absolute atomic E-state index is 13.6. The minimum absolute atomic E-state index is 0.0587. The fourth-order valence-electron chi connectivity index (χ4n) is 14.2. The van der Waals surface area contributed by atoms with E-state index in [2.05, 4.69) is 0 Å². The summed E-state index contributed by atoms with van der Waals surface area (Å²) >= 11 is 17.8. The van der Waals surface area contributed by atoms with Crippen LogP contribution in [0.15, 0.2) is 196 Å². The van der Waals surface area contributed by atoms with Gasteiger partial charge in [-0.15, -0.1) is 0 Å². The highest BCUT2D eigenvalue weighted by atomic mass is 35.5. The molecule has 110 heavy (non-hydrogen) atoms. The zero-order valence-electron chi connectivity index (χ0n) is 60.9. The first-order valence-corrected chi connectivity index (χ1v) is 36.6. The standard InChI is InChI=1S/C28H24ClFN4O4.C28H25ClN4O4.C25H28ClN5O4/c1-18-2-11-24-23(16-18)25(26(34(37)38)28(36)33(24)17-19-3-9-22(30)10-4-19)31-12-14-32(15-13-31)27(35)20-5-7-21(29)8-6-20;1-19-7-12-24-23(17-19)25(26(33(36)37)28(35)32(24)18-20-5-3-2-4-6-20)30-13-15-31(16-14-30)27(34)21-8-10-22(29)11-9-21;1-17-4-9-21-20(16-17)22(23(31(34)35)25(33)30(21)15-10-27(2)3)28-11-13-29(14-12-28)24(32)18-5-7-19(26)8-6-18/h2-11,16H,12-15,17H2,1H3;2-12,17H,13-16,18H2,1H3;4-9,16H,10-15H2,1-3H3. The predicted octanol–water partition coefficient (Wildman–Crippen LogP) is 13.3. The zero-order valence-corrected chi connectivity index (χ0v) is 63.1. The van der Waals surface area contributed by atoms with Crippen molar-refractivity contribution in [2.75, 3.05) is 114 Å². The Morgan fingerprint density at radius 1 is 0.400 bits per heavy atom. The second-order valence-electron chi connectivity index (χ2n) is 27.4. The highest BCUT2D eigenvalue weighted by molar-refractivity contribution is 6.31. The number of aryl methyl sites for hydroxylation is 3. The number of piperazine rings is 3. The van der Waals surface area contributed by atoms with Crippen LogP contribution < -0.4 is 31.4 Å². The third-order valence-electron chi connectivity index (χ3n) is 19.8. The van der Waals surface area contributed by atoms with E-state index < -0.39 is 54.3 Å². The predicted molar refractivity (Wildman–Crippen MR) is 427 cm³/mol. The van der Waals surface area contributed by atoms with E-state index in [9.17, 15) is 63.5 Å². The lowest BCUT2D eigenvalue weighted by Crippen LogP contribution is -2.49. The first-order valence-electron chi connectivity index (χ1n) is 35.5. The minimum atomic E-state index is -0.731. The zero-order chi connectivity index (χ0) is 78.4. The summed E-state index contributed by atoms with van der Waals surface area (Å²) in [6.45, 7) is 11.3. The van der Waals surface area contributed by atoms with Gasteiger partial charge in [0.05, 0.1) is 44.4 Å². The Morgan fingerprint density at radius 2 is 0.691 bits per heavy atom. The van der Waals surface area contributed by atoms with E-state index in [1.807, 2.05) is 133 Å². The molecule has 0 aliphatic carbocycles. The van der Waals surface area contributed by atoms with Crippen molar-refractivity contribution < 1.29 is 33.5 Å². The van der Waals surface area contributed by atoms with E-state index in [1.54, 1.807) is 106 Å². The Morgan fingerprint density at radius 3 is 0.991 bits per heavy atom. The van der Waals surface area contributed by atoms with Crippen LogP contribution in [0.2, 0.25) is 15.1 Å². The van der Waals surface area contributed by atoms with E-state index in [1.165, 1.54) is 25.8 Å². The summed E-state index contributed by atoms with van der Waals surface area (Å²) in [7, 11) is 3.79. The second-order valence-corrected chi connectivity index (χ2v) is 28.7. The summed E-state index contributed by atoms with van der Waals surface area (Å²) in [5.41, 5.74) is 5.29. The van der Waals surface area contributed by atoms with Crippen LogP contribution in [-0.4, -0.2) is 165 Å². The fraction of sp³-hybridized carbons (Fsp3) is 0.259. The monoisotopic (exact) mass is 1550 g/mol. The number of anilines is 3. The van der Waals surface area contributed by atoms with Crippen LogP contribution >= 0.6 is 34.8 Å². The number of nitro groups is 3. The molecule has 0 spiro atoms. The molecule has 6 heterocycles. The lowest BCUT2D eigenvalue weighted by Gasteiger charge is -2.36. The summed E-state index contributed by atoms with van der Waals surface area (Å²) < 4.78 is 17.8. The van der Waals surface area contributed by atoms with Crippen molar-refractivity contribution in [1.82, 2.24) is 33.3 Å². The molecule has 29 heteroatoms. The number of pyridine rings is 3. The van der Waals surface area contributed by atoms with E-state index in [4.69, 9.17) is 34.8 Å². The SMILES string of the molecule is Cc1ccc2c(c1)c(N1CCN(C(=O)c3ccc(Cl)cc3)CC1)c([N+](=O)[O-])c(=O)n2CCN(C)C.Cc1ccc2c(c1)c(N1CCN(C(=O)c3ccc(Cl)cc3)CC1)c([N+](=O)[O-])c(=O)n2Cc1ccc(F)cc1.Cc1ccc2c(c1)c(N1CCN(C(=O)c3ccc(Cl)cc3)CC1)c([N+](=O)[O-])c(=O)n2Cc1ccccc1. The van der Waals surface area contributed by atoms with Gasteiger partial charge in [0.1, 0.15) is 22.9 Å². The summed E-state index contributed by atoms with van der Waals surface area (Å²) in [6, 6.07) is 52.0. The van der Waals surface area contributed by atoms with Crippen molar-refractivity contribution in [3.05, 3.63) is 309 Å². The molecule has 0 N–H and O–H groups in total. The number of carbonyl (C=O) groups excluding carboxylic acids is 3. The van der Waals surface area contributed by atoms with Gasteiger partial charge in [-0.25, -0.2) is 4.39 Å². The molecule has 566 valence electrons. The number of hydrogen-bond acceptors (Lipinski definition) is 16. The number of nitrogens with zero attached hydrogens (tertiary/aromatic N) is 13. The van der Waals surface area contributed by atoms with Crippen LogP contribution in [0.3, 0.4) is 0 Å². The molecule has 8 aromatic carbocycles. The lowest BCUT2D eigenvalue weighted by molar-refractivity contribution is -0.385. The Bertz CT molecular complexity index is 5550. The van der Waals surface area contributed by atoms with E-state index >= 15 is 0 Å². The van der Waals surface area contributed by atoms with Crippen LogP contribution in [0.25, 0.3) is 32.7 Å². The summed E-state index contributed by atoms with van der Waals surface area (Å²) in [4.78, 5) is 127. The first-order chi connectivity index (χ1) is 52.7. The highest BCUT2D eigenvalue weighted by Gasteiger charge is 2.37. The molecule has 0 radical (unpaired) electrons. The van der Waals surface area contributed by atoms with Gasteiger partial charge in [0.2, 0.25) is 0 Å². The van der Waals surface area contributed by atoms with Crippen molar-refractivity contribution in [2.24, 2.45) is 0 Å². The van der Waals surface area contributed by atoms with Crippen molar-refractivity contribution >= 4 is 119 Å². The number of halogens is 4. The third-order valence-corrected chi connectivity index (χ3v) is 20.5. The smallest absolute Gasteiger partial charge is 0.357 e. The average molecular weight is 1550 g/mol. The summed E-state index contributed by atoms with van der Waals surface area (Å²) in [5.74, 6) is -0.789. The Balaban J connectivity index is 0.000000154. The molecule has 3 amide bonds. The van der Waals surface area contributed by atoms with E-state index in [-0.39, 0.29) is 36.5 Å². The quantitative estimate of drug-likeness (QED) is 0.0642. The van der Waals surface area contributed by atoms with Gasteiger partial charge in [-0.1, -0.05) is 112 Å². The molecular formula is C81H77Cl3FN13O12. The number of carbonyl (C=O) groups is 3. The maximum atomic E-state index is 13.6. The number of amides is 3. The van der Waals surface area contributed by atoms with Gasteiger partial charge in [0.25, 0.3) is 17.7 Å². The fourth-order valence-corrected chi connectivity index (χ4v) is 14.6. The molecule has 14 rings (SSSR count). The Hall–Kier alpha value is -11.8. The molecule has 0 atom stereocenters. The minimum Gasteiger partial charge on any atom is -0.362 e. The molecule has 3 aromatic heterocycles. The number of likely N-dealkylation sites (N-methyl/N-ethyl adjacent to an activating group) is 1. The number of rotatable bonds is 16. The van der Waals surface area contributed by atoms with Crippen molar-refractivity contribution in [3.63, 3.8) is 0 Å². The molecule has 3 saturated heterocycles. The third kappa shape index (κ3) is 17.0. The summed E-state index contributed by atoms with van der Waals surface area (Å²) in [5, 5.41) is 40.3. The molecule has 11 aromatic rings. The first kappa shape index (κ1) is 77.8.